The molecule has 0 aliphatic rings. The summed E-state index contributed by atoms with van der Waals surface area (Å²) in [6.45, 7) is 2.02. The van der Waals surface area contributed by atoms with Crippen LogP contribution in [0.4, 0.5) is 4.39 Å². The summed E-state index contributed by atoms with van der Waals surface area (Å²) in [7, 11) is 0. The Bertz CT molecular complexity index is 553. The van der Waals surface area contributed by atoms with E-state index in [1.807, 2.05) is 18.2 Å². The Hall–Kier alpha value is -1.39. The molecule has 2 nitrogen and oxygen atoms in total. The van der Waals surface area contributed by atoms with Gasteiger partial charge in [0, 0.05) is 10.0 Å². The van der Waals surface area contributed by atoms with Gasteiger partial charge in [0.15, 0.2) is 0 Å². The standard InChI is InChI=1S/C15H14BrFO2/c1-10(18)14-7-4-12(16)8-15(14)19-9-11-2-5-13(17)6-3-11/h2-8,10,18H,9H2,1H3. The van der Waals surface area contributed by atoms with Gasteiger partial charge in [-0.05, 0) is 36.8 Å². The summed E-state index contributed by atoms with van der Waals surface area (Å²) in [6.07, 6.45) is -0.601. The first-order chi connectivity index (χ1) is 9.06. The number of aliphatic hydroxyl groups is 1. The minimum atomic E-state index is -0.601. The molecule has 19 heavy (non-hydrogen) atoms. The third-order valence-corrected chi connectivity index (χ3v) is 3.23. The molecule has 0 saturated heterocycles. The predicted molar refractivity (Wildman–Crippen MR) is 75.5 cm³/mol. The van der Waals surface area contributed by atoms with E-state index in [0.717, 1.165) is 15.6 Å². The van der Waals surface area contributed by atoms with Crippen molar-refractivity contribution in [3.8, 4) is 5.75 Å². The quantitative estimate of drug-likeness (QED) is 0.912. The second-order valence-electron chi connectivity index (χ2n) is 4.27. The lowest BCUT2D eigenvalue weighted by atomic mass is 10.1. The molecule has 0 aliphatic heterocycles. The normalized spacial score (nSPS) is 12.2. The first-order valence-electron chi connectivity index (χ1n) is 5.91. The molecule has 0 radical (unpaired) electrons. The summed E-state index contributed by atoms with van der Waals surface area (Å²) in [5.41, 5.74) is 1.60. The first kappa shape index (κ1) is 14.0. The van der Waals surface area contributed by atoms with Crippen LogP contribution in [0, 0.1) is 5.82 Å². The van der Waals surface area contributed by atoms with Crippen LogP contribution in [0.2, 0.25) is 0 Å². The molecule has 1 unspecified atom stereocenters. The smallest absolute Gasteiger partial charge is 0.126 e. The molecule has 0 aromatic heterocycles. The molecule has 100 valence electrons. The maximum atomic E-state index is 12.8. The van der Waals surface area contributed by atoms with Gasteiger partial charge in [-0.2, -0.15) is 0 Å². The van der Waals surface area contributed by atoms with E-state index >= 15 is 0 Å². The largest absolute Gasteiger partial charge is 0.488 e. The molecule has 0 saturated carbocycles. The Kier molecular flexibility index (Phi) is 4.56. The molecule has 0 amide bonds. The van der Waals surface area contributed by atoms with E-state index in [4.69, 9.17) is 4.74 Å². The summed E-state index contributed by atoms with van der Waals surface area (Å²) in [4.78, 5) is 0. The fourth-order valence-electron chi connectivity index (χ4n) is 1.72. The molecule has 0 spiro atoms. The minimum Gasteiger partial charge on any atom is -0.488 e. The lowest BCUT2D eigenvalue weighted by Crippen LogP contribution is -2.01. The number of hydrogen-bond acceptors (Lipinski definition) is 2. The van der Waals surface area contributed by atoms with E-state index in [1.165, 1.54) is 12.1 Å². The Balaban J connectivity index is 2.14. The highest BCUT2D eigenvalue weighted by molar-refractivity contribution is 9.10. The highest BCUT2D eigenvalue weighted by atomic mass is 79.9. The van der Waals surface area contributed by atoms with Crippen LogP contribution in [0.1, 0.15) is 24.2 Å². The molecule has 1 N–H and O–H groups in total. The molecular weight excluding hydrogens is 311 g/mol. The fourth-order valence-corrected chi connectivity index (χ4v) is 2.06. The highest BCUT2D eigenvalue weighted by Crippen LogP contribution is 2.29. The van der Waals surface area contributed by atoms with E-state index < -0.39 is 6.10 Å². The van der Waals surface area contributed by atoms with Crippen LogP contribution < -0.4 is 4.74 Å². The van der Waals surface area contributed by atoms with Crippen LogP contribution in [0.25, 0.3) is 0 Å². The molecule has 0 fully saturated rings. The average molecular weight is 325 g/mol. The van der Waals surface area contributed by atoms with E-state index in [-0.39, 0.29) is 5.82 Å². The van der Waals surface area contributed by atoms with Crippen molar-refractivity contribution in [3.63, 3.8) is 0 Å². The molecule has 4 heteroatoms. The van der Waals surface area contributed by atoms with E-state index in [9.17, 15) is 9.50 Å². The number of rotatable bonds is 4. The Morgan fingerprint density at radius 2 is 1.89 bits per heavy atom. The molecular formula is C15H14BrFO2. The maximum absolute atomic E-state index is 12.8. The lowest BCUT2D eigenvalue weighted by Gasteiger charge is -2.14. The summed E-state index contributed by atoms with van der Waals surface area (Å²) >= 11 is 3.37. The SMILES string of the molecule is CC(O)c1ccc(Br)cc1OCc1ccc(F)cc1. The van der Waals surface area contributed by atoms with E-state index in [1.54, 1.807) is 19.1 Å². The zero-order valence-electron chi connectivity index (χ0n) is 10.4. The van der Waals surface area contributed by atoms with E-state index in [0.29, 0.717) is 12.4 Å². The number of benzene rings is 2. The van der Waals surface area contributed by atoms with Gasteiger partial charge in [-0.15, -0.1) is 0 Å². The van der Waals surface area contributed by atoms with Crippen LogP contribution in [0.5, 0.6) is 5.75 Å². The van der Waals surface area contributed by atoms with Crippen molar-refractivity contribution in [3.05, 3.63) is 63.9 Å². The van der Waals surface area contributed by atoms with Crippen molar-refractivity contribution in [2.75, 3.05) is 0 Å². The van der Waals surface area contributed by atoms with Gasteiger partial charge < -0.3 is 9.84 Å². The Morgan fingerprint density at radius 1 is 1.21 bits per heavy atom. The summed E-state index contributed by atoms with van der Waals surface area (Å²) in [5.74, 6) is 0.351. The van der Waals surface area contributed by atoms with E-state index in [2.05, 4.69) is 15.9 Å². The topological polar surface area (TPSA) is 29.5 Å². The second-order valence-corrected chi connectivity index (χ2v) is 5.19. The van der Waals surface area contributed by atoms with Gasteiger partial charge in [0.1, 0.15) is 18.2 Å². The molecule has 1 atom stereocenters. The van der Waals surface area contributed by atoms with Gasteiger partial charge >= 0.3 is 0 Å². The molecule has 2 aromatic carbocycles. The van der Waals surface area contributed by atoms with Gasteiger partial charge in [0.25, 0.3) is 0 Å². The second kappa shape index (κ2) is 6.17. The minimum absolute atomic E-state index is 0.268. The van der Waals surface area contributed by atoms with Gasteiger partial charge in [-0.1, -0.05) is 34.1 Å². The van der Waals surface area contributed by atoms with Crippen LogP contribution in [-0.4, -0.2) is 5.11 Å². The molecule has 0 heterocycles. The van der Waals surface area contributed by atoms with Gasteiger partial charge in [0.2, 0.25) is 0 Å². The number of ether oxygens (including phenoxy) is 1. The molecule has 0 aliphatic carbocycles. The summed E-state index contributed by atoms with van der Waals surface area (Å²) < 4.78 is 19.4. The van der Waals surface area contributed by atoms with Crippen LogP contribution in [0.3, 0.4) is 0 Å². The number of hydrogen-bond donors (Lipinski definition) is 1. The summed E-state index contributed by atoms with van der Waals surface area (Å²) in [5, 5.41) is 9.68. The van der Waals surface area contributed by atoms with Gasteiger partial charge in [0.05, 0.1) is 6.10 Å². The zero-order valence-corrected chi connectivity index (χ0v) is 12.0. The first-order valence-corrected chi connectivity index (χ1v) is 6.70. The fraction of sp³-hybridized carbons (Fsp3) is 0.200. The third-order valence-electron chi connectivity index (χ3n) is 2.73. The van der Waals surface area contributed by atoms with Crippen molar-refractivity contribution in [2.45, 2.75) is 19.6 Å². The predicted octanol–water partition coefficient (Wildman–Crippen LogP) is 4.22. The Morgan fingerprint density at radius 3 is 2.53 bits per heavy atom. The molecule has 2 aromatic rings. The third kappa shape index (κ3) is 3.78. The van der Waals surface area contributed by atoms with Crippen molar-refractivity contribution in [1.29, 1.82) is 0 Å². The zero-order chi connectivity index (χ0) is 13.8. The van der Waals surface area contributed by atoms with Crippen LogP contribution in [0.15, 0.2) is 46.9 Å². The van der Waals surface area contributed by atoms with Gasteiger partial charge in [-0.25, -0.2) is 4.39 Å². The molecule has 2 rings (SSSR count). The molecule has 0 bridgehead atoms. The average Bonchev–Trinajstić information content (AvgIpc) is 2.38. The number of aliphatic hydroxyl groups excluding tert-OH is 1. The van der Waals surface area contributed by atoms with Gasteiger partial charge in [-0.3, -0.25) is 0 Å². The van der Waals surface area contributed by atoms with Crippen molar-refractivity contribution in [1.82, 2.24) is 0 Å². The summed E-state index contributed by atoms with van der Waals surface area (Å²) in [6, 6.07) is 11.6. The monoisotopic (exact) mass is 324 g/mol. The van der Waals surface area contributed by atoms with Crippen molar-refractivity contribution >= 4 is 15.9 Å². The Labute approximate surface area is 120 Å². The highest BCUT2D eigenvalue weighted by Gasteiger charge is 2.10. The van der Waals surface area contributed by atoms with Crippen LogP contribution >= 0.6 is 15.9 Å². The van der Waals surface area contributed by atoms with Crippen LogP contribution in [-0.2, 0) is 6.61 Å². The van der Waals surface area contributed by atoms with Crippen molar-refractivity contribution < 1.29 is 14.2 Å². The number of halogens is 2. The van der Waals surface area contributed by atoms with Crippen molar-refractivity contribution in [2.24, 2.45) is 0 Å². The lowest BCUT2D eigenvalue weighted by molar-refractivity contribution is 0.190. The maximum Gasteiger partial charge on any atom is 0.126 e.